The number of nitrogens with one attached hydrogen (secondary N) is 1. The molecule has 2 aromatic rings. The van der Waals surface area contributed by atoms with Crippen LogP contribution in [-0.2, 0) is 13.2 Å². The lowest BCUT2D eigenvalue weighted by Crippen LogP contribution is -2.21. The summed E-state index contributed by atoms with van der Waals surface area (Å²) in [4.78, 5) is 2.61. The van der Waals surface area contributed by atoms with Crippen LogP contribution in [0.2, 0.25) is 0 Å². The van der Waals surface area contributed by atoms with Gasteiger partial charge in [0.1, 0.15) is 12.4 Å². The summed E-state index contributed by atoms with van der Waals surface area (Å²) in [5.74, 6) is 0.934. The van der Waals surface area contributed by atoms with Crippen molar-refractivity contribution >= 4 is 27.3 Å². The van der Waals surface area contributed by atoms with E-state index in [9.17, 15) is 0 Å². The molecule has 2 rings (SSSR count). The van der Waals surface area contributed by atoms with Crippen molar-refractivity contribution in [3.8, 4) is 5.75 Å². The van der Waals surface area contributed by atoms with Gasteiger partial charge in [0, 0.05) is 26.8 Å². The van der Waals surface area contributed by atoms with Gasteiger partial charge in [-0.25, -0.2) is 0 Å². The summed E-state index contributed by atoms with van der Waals surface area (Å²) in [5.41, 5.74) is 2.41. The van der Waals surface area contributed by atoms with E-state index in [-0.39, 0.29) is 0 Å². The second-order valence-corrected chi connectivity index (χ2v) is 7.61. The lowest BCUT2D eigenvalue weighted by Gasteiger charge is -2.09. The summed E-state index contributed by atoms with van der Waals surface area (Å²) in [6.07, 6.45) is 0. The molecule has 1 aromatic heterocycles. The van der Waals surface area contributed by atoms with Crippen LogP contribution in [0, 0.1) is 13.8 Å². The van der Waals surface area contributed by atoms with Gasteiger partial charge in [-0.3, -0.25) is 0 Å². The number of halogens is 1. The predicted molar refractivity (Wildman–Crippen MR) is 94.2 cm³/mol. The van der Waals surface area contributed by atoms with Crippen molar-refractivity contribution in [1.82, 2.24) is 5.32 Å². The zero-order chi connectivity index (χ0) is 15.4. The van der Waals surface area contributed by atoms with Crippen molar-refractivity contribution in [3.63, 3.8) is 0 Å². The highest BCUT2D eigenvalue weighted by molar-refractivity contribution is 9.10. The smallest absolute Gasteiger partial charge is 0.122 e. The Balaban J connectivity index is 1.94. The molecule has 0 amide bonds. The molecule has 0 bridgehead atoms. The van der Waals surface area contributed by atoms with Gasteiger partial charge in [-0.2, -0.15) is 0 Å². The van der Waals surface area contributed by atoms with Crippen LogP contribution >= 0.6 is 27.3 Å². The van der Waals surface area contributed by atoms with E-state index in [4.69, 9.17) is 4.74 Å². The van der Waals surface area contributed by atoms with Crippen LogP contribution in [-0.4, -0.2) is 6.04 Å². The van der Waals surface area contributed by atoms with Gasteiger partial charge in [-0.05, 0) is 49.2 Å². The van der Waals surface area contributed by atoms with E-state index in [1.54, 1.807) is 0 Å². The van der Waals surface area contributed by atoms with Crippen LogP contribution in [0.4, 0.5) is 0 Å². The average Bonchev–Trinajstić information content (AvgIpc) is 2.88. The summed E-state index contributed by atoms with van der Waals surface area (Å²) in [5, 5.41) is 3.43. The number of thiophene rings is 1. The highest BCUT2D eigenvalue weighted by atomic mass is 79.9. The summed E-state index contributed by atoms with van der Waals surface area (Å²) >= 11 is 5.39. The molecular weight excluding hydrogens is 346 g/mol. The fourth-order valence-corrected chi connectivity index (χ4v) is 3.15. The largest absolute Gasteiger partial charge is 0.488 e. The van der Waals surface area contributed by atoms with Crippen LogP contribution in [0.15, 0.2) is 28.7 Å². The monoisotopic (exact) mass is 367 g/mol. The average molecular weight is 368 g/mol. The standard InChI is InChI=1S/C17H22BrNOS/c1-11(2)19-9-15-5-6-16(21-15)10-20-14-7-12(3)17(18)13(4)8-14/h5-8,11,19H,9-10H2,1-4H3. The number of aryl methyl sites for hydroxylation is 2. The van der Waals surface area contributed by atoms with Crippen LogP contribution in [0.25, 0.3) is 0 Å². The molecule has 0 unspecified atom stereocenters. The molecule has 0 fully saturated rings. The molecule has 2 nitrogen and oxygen atoms in total. The molecule has 21 heavy (non-hydrogen) atoms. The molecular formula is C17H22BrNOS. The lowest BCUT2D eigenvalue weighted by atomic mass is 10.1. The first kappa shape index (κ1) is 16.5. The van der Waals surface area contributed by atoms with Gasteiger partial charge in [0.15, 0.2) is 0 Å². The van der Waals surface area contributed by atoms with Crippen molar-refractivity contribution in [1.29, 1.82) is 0 Å². The number of rotatable bonds is 6. The van der Waals surface area contributed by atoms with Gasteiger partial charge in [-0.15, -0.1) is 11.3 Å². The Labute approximate surface area is 139 Å². The molecule has 1 heterocycles. The third-order valence-corrected chi connectivity index (χ3v) is 5.50. The van der Waals surface area contributed by atoms with Crippen molar-refractivity contribution in [2.75, 3.05) is 0 Å². The van der Waals surface area contributed by atoms with Gasteiger partial charge in [0.05, 0.1) is 0 Å². The van der Waals surface area contributed by atoms with Crippen molar-refractivity contribution < 1.29 is 4.74 Å². The van der Waals surface area contributed by atoms with E-state index < -0.39 is 0 Å². The molecule has 4 heteroatoms. The number of benzene rings is 1. The van der Waals surface area contributed by atoms with Crippen molar-refractivity contribution in [2.24, 2.45) is 0 Å². The van der Waals surface area contributed by atoms with E-state index >= 15 is 0 Å². The quantitative estimate of drug-likeness (QED) is 0.756. The fraction of sp³-hybridized carbons (Fsp3) is 0.412. The van der Waals surface area contributed by atoms with Crippen LogP contribution in [0.3, 0.4) is 0 Å². The molecule has 0 aliphatic heterocycles. The SMILES string of the molecule is Cc1cc(OCc2ccc(CNC(C)C)s2)cc(C)c1Br. The fourth-order valence-electron chi connectivity index (χ4n) is 2.04. The molecule has 0 atom stereocenters. The zero-order valence-corrected chi connectivity index (χ0v) is 15.4. The molecule has 1 N–H and O–H groups in total. The summed E-state index contributed by atoms with van der Waals surface area (Å²) < 4.78 is 7.08. The first-order valence-corrected chi connectivity index (χ1v) is 8.77. The first-order chi connectivity index (χ1) is 9.95. The Hall–Kier alpha value is -0.840. The zero-order valence-electron chi connectivity index (χ0n) is 13.0. The molecule has 0 aliphatic carbocycles. The number of hydrogen-bond donors (Lipinski definition) is 1. The Bertz CT molecular complexity index is 584. The van der Waals surface area contributed by atoms with Gasteiger partial charge in [0.25, 0.3) is 0 Å². The van der Waals surface area contributed by atoms with Gasteiger partial charge in [-0.1, -0.05) is 29.8 Å². The number of ether oxygens (including phenoxy) is 1. The van der Waals surface area contributed by atoms with E-state index in [2.05, 4.69) is 73.2 Å². The lowest BCUT2D eigenvalue weighted by molar-refractivity contribution is 0.309. The van der Waals surface area contributed by atoms with Crippen LogP contribution in [0.1, 0.15) is 34.7 Å². The highest BCUT2D eigenvalue weighted by Gasteiger charge is 2.05. The topological polar surface area (TPSA) is 21.3 Å². The van der Waals surface area contributed by atoms with Crippen LogP contribution in [0.5, 0.6) is 5.75 Å². The minimum Gasteiger partial charge on any atom is -0.488 e. The van der Waals surface area contributed by atoms with Crippen LogP contribution < -0.4 is 10.1 Å². The third-order valence-electron chi connectivity index (χ3n) is 3.19. The van der Waals surface area contributed by atoms with E-state index in [1.807, 2.05) is 11.3 Å². The number of hydrogen-bond acceptors (Lipinski definition) is 3. The van der Waals surface area contributed by atoms with E-state index in [0.29, 0.717) is 12.6 Å². The highest BCUT2D eigenvalue weighted by Crippen LogP contribution is 2.27. The first-order valence-electron chi connectivity index (χ1n) is 7.16. The molecule has 0 radical (unpaired) electrons. The summed E-state index contributed by atoms with van der Waals surface area (Å²) in [7, 11) is 0. The van der Waals surface area contributed by atoms with Gasteiger partial charge < -0.3 is 10.1 Å². The second-order valence-electron chi connectivity index (χ2n) is 5.56. The maximum atomic E-state index is 5.92. The maximum absolute atomic E-state index is 5.92. The Kier molecular flexibility index (Phi) is 5.85. The van der Waals surface area contributed by atoms with Crippen molar-refractivity contribution in [2.45, 2.75) is 46.9 Å². The summed E-state index contributed by atoms with van der Waals surface area (Å²) in [6.45, 7) is 10.1. The van der Waals surface area contributed by atoms with Gasteiger partial charge >= 0.3 is 0 Å². The van der Waals surface area contributed by atoms with E-state index in [1.165, 1.54) is 20.9 Å². The normalized spacial score (nSPS) is 11.1. The van der Waals surface area contributed by atoms with Gasteiger partial charge in [0.2, 0.25) is 0 Å². The Morgan fingerprint density at radius 2 is 1.76 bits per heavy atom. The predicted octanol–water partition coefficient (Wildman–Crippen LogP) is 5.20. The Morgan fingerprint density at radius 3 is 2.38 bits per heavy atom. The second kappa shape index (κ2) is 7.43. The molecule has 0 spiro atoms. The van der Waals surface area contributed by atoms with Crippen molar-refractivity contribution in [3.05, 3.63) is 49.6 Å². The minimum absolute atomic E-state index is 0.514. The van der Waals surface area contributed by atoms with E-state index in [0.717, 1.165) is 16.8 Å². The Morgan fingerprint density at radius 1 is 1.14 bits per heavy atom. The third kappa shape index (κ3) is 4.83. The molecule has 0 saturated heterocycles. The summed E-state index contributed by atoms with van der Waals surface area (Å²) in [6, 6.07) is 9.00. The molecule has 0 aliphatic rings. The molecule has 114 valence electrons. The molecule has 0 saturated carbocycles. The minimum atomic E-state index is 0.514. The maximum Gasteiger partial charge on any atom is 0.122 e. The molecule has 1 aromatic carbocycles.